The molecule has 0 atom stereocenters. The van der Waals surface area contributed by atoms with E-state index in [1.165, 1.54) is 24.3 Å². The van der Waals surface area contributed by atoms with E-state index in [-0.39, 0.29) is 23.8 Å². The molecule has 0 aliphatic heterocycles. The summed E-state index contributed by atoms with van der Waals surface area (Å²) in [7, 11) is 1.58. The molecule has 3 aromatic rings. The van der Waals surface area contributed by atoms with Crippen molar-refractivity contribution in [1.82, 2.24) is 0 Å². The van der Waals surface area contributed by atoms with Gasteiger partial charge in [0.25, 0.3) is 5.91 Å². The number of methoxy groups -OCH3 is 1. The number of benzene rings is 2. The van der Waals surface area contributed by atoms with Crippen molar-refractivity contribution in [2.24, 2.45) is 0 Å². The van der Waals surface area contributed by atoms with Gasteiger partial charge in [-0.2, -0.15) is 0 Å². The van der Waals surface area contributed by atoms with Gasteiger partial charge in [0.15, 0.2) is 5.76 Å². The Morgan fingerprint density at radius 3 is 2.77 bits per heavy atom. The number of nitrogens with one attached hydrogen (secondary N) is 1. The summed E-state index contributed by atoms with van der Waals surface area (Å²) in [4.78, 5) is 12.2. The third-order valence-corrected chi connectivity index (χ3v) is 3.75. The summed E-state index contributed by atoms with van der Waals surface area (Å²) in [5, 5.41) is 12.7. The highest BCUT2D eigenvalue weighted by Crippen LogP contribution is 2.27. The van der Waals surface area contributed by atoms with Gasteiger partial charge in [-0.15, -0.1) is 0 Å². The molecule has 134 valence electrons. The third-order valence-electron chi connectivity index (χ3n) is 3.51. The predicted molar refractivity (Wildman–Crippen MR) is 97.1 cm³/mol. The Labute approximate surface area is 154 Å². The third kappa shape index (κ3) is 4.29. The Bertz CT molecular complexity index is 922. The van der Waals surface area contributed by atoms with Crippen molar-refractivity contribution in [3.63, 3.8) is 0 Å². The van der Waals surface area contributed by atoms with Gasteiger partial charge < -0.3 is 24.3 Å². The van der Waals surface area contributed by atoms with Gasteiger partial charge in [-0.05, 0) is 42.5 Å². The standard InChI is InChI=1S/C19H16ClNO5/c1-24-13-3-2-4-14(10-13)25-11-15-6-8-18(26-15)19(23)21-16-9-12(20)5-7-17(16)22/h2-10,22H,11H2,1H3,(H,21,23). The van der Waals surface area contributed by atoms with E-state index in [0.29, 0.717) is 22.3 Å². The Balaban J connectivity index is 1.63. The summed E-state index contributed by atoms with van der Waals surface area (Å²) >= 11 is 5.86. The van der Waals surface area contributed by atoms with Crippen LogP contribution < -0.4 is 14.8 Å². The number of halogens is 1. The molecular weight excluding hydrogens is 358 g/mol. The Hall–Kier alpha value is -3.12. The number of carbonyl (C=O) groups is 1. The largest absolute Gasteiger partial charge is 0.506 e. The Morgan fingerprint density at radius 1 is 1.15 bits per heavy atom. The van der Waals surface area contributed by atoms with E-state index in [9.17, 15) is 9.90 Å². The summed E-state index contributed by atoms with van der Waals surface area (Å²) in [6.07, 6.45) is 0. The van der Waals surface area contributed by atoms with Crippen LogP contribution in [0.3, 0.4) is 0 Å². The zero-order chi connectivity index (χ0) is 18.5. The molecule has 0 spiro atoms. The Morgan fingerprint density at radius 2 is 1.96 bits per heavy atom. The first-order valence-electron chi connectivity index (χ1n) is 7.70. The molecule has 2 aromatic carbocycles. The highest BCUT2D eigenvalue weighted by atomic mass is 35.5. The van der Waals surface area contributed by atoms with Crippen LogP contribution in [0.1, 0.15) is 16.3 Å². The van der Waals surface area contributed by atoms with Crippen LogP contribution in [0.2, 0.25) is 5.02 Å². The molecule has 0 saturated carbocycles. The highest BCUT2D eigenvalue weighted by Gasteiger charge is 2.14. The van der Waals surface area contributed by atoms with E-state index in [2.05, 4.69) is 5.32 Å². The van der Waals surface area contributed by atoms with E-state index in [4.69, 9.17) is 25.5 Å². The van der Waals surface area contributed by atoms with E-state index in [0.717, 1.165) is 0 Å². The average Bonchev–Trinajstić information content (AvgIpc) is 3.12. The SMILES string of the molecule is COc1cccc(OCc2ccc(C(=O)Nc3cc(Cl)ccc3O)o2)c1. The molecule has 1 aromatic heterocycles. The molecule has 0 aliphatic rings. The van der Waals surface area contributed by atoms with E-state index in [1.54, 1.807) is 25.3 Å². The van der Waals surface area contributed by atoms with Crippen LogP contribution in [0.5, 0.6) is 17.2 Å². The first-order chi connectivity index (χ1) is 12.5. The van der Waals surface area contributed by atoms with Crippen molar-refractivity contribution < 1.29 is 23.8 Å². The minimum absolute atomic E-state index is 0.0871. The number of phenolic OH excluding ortho intramolecular Hbond substituents is 1. The van der Waals surface area contributed by atoms with Crippen LogP contribution in [-0.4, -0.2) is 18.1 Å². The molecule has 0 unspecified atom stereocenters. The fourth-order valence-electron chi connectivity index (χ4n) is 2.22. The molecular formula is C19H16ClNO5. The van der Waals surface area contributed by atoms with Crippen LogP contribution in [0.25, 0.3) is 0 Å². The maximum atomic E-state index is 12.2. The molecule has 0 radical (unpaired) electrons. The topological polar surface area (TPSA) is 80.9 Å². The van der Waals surface area contributed by atoms with Crippen LogP contribution >= 0.6 is 11.6 Å². The average molecular weight is 374 g/mol. The zero-order valence-electron chi connectivity index (χ0n) is 13.9. The maximum Gasteiger partial charge on any atom is 0.291 e. The van der Waals surface area contributed by atoms with E-state index < -0.39 is 5.91 Å². The smallest absolute Gasteiger partial charge is 0.291 e. The summed E-state index contributed by atoms with van der Waals surface area (Å²) in [6.45, 7) is 0.156. The van der Waals surface area contributed by atoms with E-state index >= 15 is 0 Å². The van der Waals surface area contributed by atoms with Gasteiger partial charge in [-0.3, -0.25) is 4.79 Å². The summed E-state index contributed by atoms with van der Waals surface area (Å²) in [6, 6.07) is 14.7. The number of aromatic hydroxyl groups is 1. The summed E-state index contributed by atoms with van der Waals surface area (Å²) in [5.74, 6) is 1.28. The number of anilines is 1. The van der Waals surface area contributed by atoms with Crippen molar-refractivity contribution >= 4 is 23.2 Å². The molecule has 0 fully saturated rings. The number of hydrogen-bond acceptors (Lipinski definition) is 5. The first-order valence-corrected chi connectivity index (χ1v) is 8.08. The van der Waals surface area contributed by atoms with Crippen molar-refractivity contribution in [2.45, 2.75) is 6.61 Å². The number of carbonyl (C=O) groups excluding carboxylic acids is 1. The van der Waals surface area contributed by atoms with Crippen molar-refractivity contribution in [1.29, 1.82) is 0 Å². The number of amides is 1. The van der Waals surface area contributed by atoms with Gasteiger partial charge in [-0.25, -0.2) is 0 Å². The van der Waals surface area contributed by atoms with Gasteiger partial charge >= 0.3 is 0 Å². The summed E-state index contributed by atoms with van der Waals surface area (Å²) in [5.41, 5.74) is 0.202. The molecule has 26 heavy (non-hydrogen) atoms. The minimum Gasteiger partial charge on any atom is -0.506 e. The van der Waals surface area contributed by atoms with Gasteiger partial charge in [-0.1, -0.05) is 17.7 Å². The van der Waals surface area contributed by atoms with Crippen molar-refractivity contribution in [3.8, 4) is 17.2 Å². The number of phenols is 1. The van der Waals surface area contributed by atoms with Crippen LogP contribution in [0.15, 0.2) is 59.0 Å². The molecule has 7 heteroatoms. The van der Waals surface area contributed by atoms with Crippen LogP contribution in [0, 0.1) is 0 Å². The number of rotatable bonds is 6. The quantitative estimate of drug-likeness (QED) is 0.623. The van der Waals surface area contributed by atoms with Crippen LogP contribution in [0.4, 0.5) is 5.69 Å². The number of ether oxygens (including phenoxy) is 2. The highest BCUT2D eigenvalue weighted by molar-refractivity contribution is 6.31. The lowest BCUT2D eigenvalue weighted by Gasteiger charge is -2.07. The zero-order valence-corrected chi connectivity index (χ0v) is 14.6. The predicted octanol–water partition coefficient (Wildman–Crippen LogP) is 4.48. The Kier molecular flexibility index (Phi) is 5.34. The number of hydrogen-bond donors (Lipinski definition) is 2. The van der Waals surface area contributed by atoms with Crippen LogP contribution in [-0.2, 0) is 6.61 Å². The molecule has 2 N–H and O–H groups in total. The van der Waals surface area contributed by atoms with Gasteiger partial charge in [0.05, 0.1) is 12.8 Å². The van der Waals surface area contributed by atoms with Gasteiger partial charge in [0.2, 0.25) is 0 Å². The second-order valence-electron chi connectivity index (χ2n) is 5.35. The fourth-order valence-corrected chi connectivity index (χ4v) is 2.39. The molecule has 0 aliphatic carbocycles. The van der Waals surface area contributed by atoms with Gasteiger partial charge in [0, 0.05) is 11.1 Å². The lowest BCUT2D eigenvalue weighted by atomic mass is 10.3. The molecule has 0 bridgehead atoms. The van der Waals surface area contributed by atoms with Gasteiger partial charge in [0.1, 0.15) is 29.6 Å². The molecule has 6 nitrogen and oxygen atoms in total. The second kappa shape index (κ2) is 7.84. The lowest BCUT2D eigenvalue weighted by Crippen LogP contribution is -2.11. The van der Waals surface area contributed by atoms with Crippen molar-refractivity contribution in [3.05, 3.63) is 71.1 Å². The molecule has 3 rings (SSSR count). The molecule has 1 amide bonds. The lowest BCUT2D eigenvalue weighted by molar-refractivity contribution is 0.0992. The second-order valence-corrected chi connectivity index (χ2v) is 5.79. The minimum atomic E-state index is -0.504. The first kappa shape index (κ1) is 17.7. The van der Waals surface area contributed by atoms with Crippen molar-refractivity contribution in [2.75, 3.05) is 12.4 Å². The van der Waals surface area contributed by atoms with E-state index in [1.807, 2.05) is 12.1 Å². The fraction of sp³-hybridized carbons (Fsp3) is 0.105. The molecule has 1 heterocycles. The normalized spacial score (nSPS) is 10.4. The monoisotopic (exact) mass is 373 g/mol. The summed E-state index contributed by atoms with van der Waals surface area (Å²) < 4.78 is 16.2. The maximum absolute atomic E-state index is 12.2. The molecule has 0 saturated heterocycles. The number of furan rings is 1.